The van der Waals surface area contributed by atoms with Crippen LogP contribution in [-0.4, -0.2) is 25.7 Å². The predicted molar refractivity (Wildman–Crippen MR) is 68.6 cm³/mol. The Bertz CT molecular complexity index is 343. The van der Waals surface area contributed by atoms with Crippen LogP contribution < -0.4 is 11.3 Å². The number of carbonyl (C=O) groups is 1. The quantitative estimate of drug-likeness (QED) is 0.315. The summed E-state index contributed by atoms with van der Waals surface area (Å²) in [6.07, 6.45) is 0.271. The molecule has 1 unspecified atom stereocenters. The van der Waals surface area contributed by atoms with Crippen molar-refractivity contribution in [1.29, 1.82) is 0 Å². The maximum Gasteiger partial charge on any atom is 0.267 e. The first-order chi connectivity index (χ1) is 8.79. The fourth-order valence-corrected chi connectivity index (χ4v) is 1.50. The highest BCUT2D eigenvalue weighted by molar-refractivity contribution is 5.81. The van der Waals surface area contributed by atoms with Crippen molar-refractivity contribution >= 4 is 5.91 Å². The lowest BCUT2D eigenvalue weighted by atomic mass is 10.1. The SMILES string of the molecule is CCCOCCOC(C(=O)NN)c1ccccc1. The van der Waals surface area contributed by atoms with Crippen LogP contribution in [0.5, 0.6) is 0 Å². The molecule has 0 aliphatic carbocycles. The van der Waals surface area contributed by atoms with Gasteiger partial charge in [-0.25, -0.2) is 5.84 Å². The fourth-order valence-electron chi connectivity index (χ4n) is 1.50. The summed E-state index contributed by atoms with van der Waals surface area (Å²) < 4.78 is 10.8. The maximum atomic E-state index is 11.6. The molecular formula is C13H20N2O3. The van der Waals surface area contributed by atoms with Crippen LogP contribution in [0.2, 0.25) is 0 Å². The molecule has 0 heterocycles. The van der Waals surface area contributed by atoms with E-state index >= 15 is 0 Å². The van der Waals surface area contributed by atoms with Crippen molar-refractivity contribution < 1.29 is 14.3 Å². The molecule has 0 radical (unpaired) electrons. The highest BCUT2D eigenvalue weighted by Crippen LogP contribution is 2.16. The van der Waals surface area contributed by atoms with Gasteiger partial charge in [0.2, 0.25) is 0 Å². The summed E-state index contributed by atoms with van der Waals surface area (Å²) >= 11 is 0. The minimum Gasteiger partial charge on any atom is -0.379 e. The van der Waals surface area contributed by atoms with Crippen molar-refractivity contribution in [3.05, 3.63) is 35.9 Å². The molecule has 0 bridgehead atoms. The molecule has 1 rings (SSSR count). The van der Waals surface area contributed by atoms with Crippen molar-refractivity contribution in [1.82, 2.24) is 5.43 Å². The van der Waals surface area contributed by atoms with Gasteiger partial charge in [-0.2, -0.15) is 0 Å². The van der Waals surface area contributed by atoms with Gasteiger partial charge in [0, 0.05) is 6.61 Å². The van der Waals surface area contributed by atoms with Gasteiger partial charge in [-0.05, 0) is 12.0 Å². The Morgan fingerprint density at radius 2 is 2.00 bits per heavy atom. The first-order valence-corrected chi connectivity index (χ1v) is 6.04. The van der Waals surface area contributed by atoms with Crippen LogP contribution in [0.3, 0.4) is 0 Å². The number of hydrazine groups is 1. The predicted octanol–water partition coefficient (Wildman–Crippen LogP) is 1.16. The molecular weight excluding hydrogens is 232 g/mol. The van der Waals surface area contributed by atoms with Crippen LogP contribution in [-0.2, 0) is 14.3 Å². The van der Waals surface area contributed by atoms with Gasteiger partial charge in [0.25, 0.3) is 5.91 Å². The molecule has 0 saturated heterocycles. The zero-order valence-electron chi connectivity index (χ0n) is 10.6. The van der Waals surface area contributed by atoms with Gasteiger partial charge >= 0.3 is 0 Å². The molecule has 0 aliphatic rings. The monoisotopic (exact) mass is 252 g/mol. The third kappa shape index (κ3) is 4.83. The zero-order valence-corrected chi connectivity index (χ0v) is 10.6. The highest BCUT2D eigenvalue weighted by Gasteiger charge is 2.19. The number of nitrogens with two attached hydrogens (primary N) is 1. The Kier molecular flexibility index (Phi) is 7.01. The van der Waals surface area contributed by atoms with Gasteiger partial charge in [0.05, 0.1) is 13.2 Å². The number of hydrogen-bond donors (Lipinski definition) is 2. The first kappa shape index (κ1) is 14.6. The number of nitrogens with one attached hydrogen (secondary N) is 1. The second-order valence-electron chi connectivity index (χ2n) is 3.78. The molecule has 0 aromatic heterocycles. The summed E-state index contributed by atoms with van der Waals surface area (Å²) in [5, 5.41) is 0. The normalized spacial score (nSPS) is 12.1. The Labute approximate surface area is 107 Å². The van der Waals surface area contributed by atoms with E-state index in [1.165, 1.54) is 0 Å². The van der Waals surface area contributed by atoms with Gasteiger partial charge in [-0.1, -0.05) is 37.3 Å². The van der Waals surface area contributed by atoms with E-state index in [-0.39, 0.29) is 5.91 Å². The van der Waals surface area contributed by atoms with Gasteiger partial charge in [0.1, 0.15) is 0 Å². The molecule has 1 atom stereocenters. The Hall–Kier alpha value is -1.43. The van der Waals surface area contributed by atoms with Gasteiger partial charge < -0.3 is 9.47 Å². The molecule has 5 heteroatoms. The maximum absolute atomic E-state index is 11.6. The molecule has 0 saturated carbocycles. The van der Waals surface area contributed by atoms with E-state index in [1.54, 1.807) is 0 Å². The van der Waals surface area contributed by atoms with Gasteiger partial charge in [-0.3, -0.25) is 10.2 Å². The number of amides is 1. The van der Waals surface area contributed by atoms with E-state index < -0.39 is 6.10 Å². The van der Waals surface area contributed by atoms with E-state index in [4.69, 9.17) is 15.3 Å². The van der Waals surface area contributed by atoms with Crippen molar-refractivity contribution in [2.75, 3.05) is 19.8 Å². The molecule has 5 nitrogen and oxygen atoms in total. The van der Waals surface area contributed by atoms with Crippen LogP contribution >= 0.6 is 0 Å². The topological polar surface area (TPSA) is 73.6 Å². The summed E-state index contributed by atoms with van der Waals surface area (Å²) in [7, 11) is 0. The van der Waals surface area contributed by atoms with Crippen molar-refractivity contribution in [3.8, 4) is 0 Å². The van der Waals surface area contributed by atoms with Gasteiger partial charge in [-0.15, -0.1) is 0 Å². The van der Waals surface area contributed by atoms with Crippen molar-refractivity contribution in [3.63, 3.8) is 0 Å². The molecule has 0 aliphatic heterocycles. The smallest absolute Gasteiger partial charge is 0.267 e. The summed E-state index contributed by atoms with van der Waals surface area (Å²) in [5.74, 6) is 4.79. The van der Waals surface area contributed by atoms with Crippen LogP contribution in [0, 0.1) is 0 Å². The molecule has 0 fully saturated rings. The molecule has 0 spiro atoms. The molecule has 3 N–H and O–H groups in total. The van der Waals surface area contributed by atoms with E-state index in [1.807, 2.05) is 37.3 Å². The van der Waals surface area contributed by atoms with Crippen LogP contribution in [0.25, 0.3) is 0 Å². The lowest BCUT2D eigenvalue weighted by Gasteiger charge is -2.16. The number of benzene rings is 1. The molecule has 1 aromatic rings. The van der Waals surface area contributed by atoms with E-state index in [0.29, 0.717) is 19.8 Å². The summed E-state index contributed by atoms with van der Waals surface area (Å²) in [6.45, 7) is 3.56. The number of rotatable bonds is 8. The summed E-state index contributed by atoms with van der Waals surface area (Å²) in [4.78, 5) is 11.6. The summed E-state index contributed by atoms with van der Waals surface area (Å²) in [5.41, 5.74) is 2.88. The first-order valence-electron chi connectivity index (χ1n) is 6.04. The third-order valence-electron chi connectivity index (χ3n) is 2.34. The minimum absolute atomic E-state index is 0.354. The second kappa shape index (κ2) is 8.63. The molecule has 1 aromatic carbocycles. The average Bonchev–Trinajstić information content (AvgIpc) is 2.43. The van der Waals surface area contributed by atoms with E-state index in [0.717, 1.165) is 12.0 Å². The van der Waals surface area contributed by atoms with Crippen molar-refractivity contribution in [2.24, 2.45) is 5.84 Å². The standard InChI is InChI=1S/C13H20N2O3/c1-2-8-17-9-10-18-12(13(16)15-14)11-6-4-3-5-7-11/h3-7,12H,2,8-10,14H2,1H3,(H,15,16). The Balaban J connectivity index is 2.50. The largest absolute Gasteiger partial charge is 0.379 e. The van der Waals surface area contributed by atoms with Crippen LogP contribution in [0.1, 0.15) is 25.0 Å². The van der Waals surface area contributed by atoms with E-state index in [9.17, 15) is 4.79 Å². The Morgan fingerprint density at radius 1 is 1.28 bits per heavy atom. The van der Waals surface area contributed by atoms with Crippen molar-refractivity contribution in [2.45, 2.75) is 19.4 Å². The second-order valence-corrected chi connectivity index (χ2v) is 3.78. The average molecular weight is 252 g/mol. The zero-order chi connectivity index (χ0) is 13.2. The third-order valence-corrected chi connectivity index (χ3v) is 2.34. The number of ether oxygens (including phenoxy) is 2. The lowest BCUT2D eigenvalue weighted by molar-refractivity contribution is -0.134. The van der Waals surface area contributed by atoms with E-state index in [2.05, 4.69) is 5.43 Å². The molecule has 1 amide bonds. The van der Waals surface area contributed by atoms with Gasteiger partial charge in [0.15, 0.2) is 6.10 Å². The molecule has 18 heavy (non-hydrogen) atoms. The molecule has 100 valence electrons. The minimum atomic E-state index is -0.693. The highest BCUT2D eigenvalue weighted by atomic mass is 16.5. The van der Waals surface area contributed by atoms with Crippen LogP contribution in [0.15, 0.2) is 30.3 Å². The Morgan fingerprint density at radius 3 is 2.61 bits per heavy atom. The summed E-state index contributed by atoms with van der Waals surface area (Å²) in [6, 6.07) is 9.23. The van der Waals surface area contributed by atoms with Crippen LogP contribution in [0.4, 0.5) is 0 Å². The fraction of sp³-hybridized carbons (Fsp3) is 0.462. The lowest BCUT2D eigenvalue weighted by Crippen LogP contribution is -2.36. The number of carbonyl (C=O) groups excluding carboxylic acids is 1. The number of hydrogen-bond acceptors (Lipinski definition) is 4.